The number of nitrogens with zero attached hydrogens (tertiary/aromatic N) is 4. The van der Waals surface area contributed by atoms with E-state index in [9.17, 15) is 15.3 Å². The minimum atomic E-state index is -1.20. The summed E-state index contributed by atoms with van der Waals surface area (Å²) in [6, 6.07) is 2.01. The lowest BCUT2D eigenvalue weighted by atomic mass is 10.1. The van der Waals surface area contributed by atoms with Crippen molar-refractivity contribution in [2.75, 3.05) is 11.9 Å². The van der Waals surface area contributed by atoms with Gasteiger partial charge in [-0.2, -0.15) is 0 Å². The Morgan fingerprint density at radius 1 is 1.27 bits per heavy atom. The van der Waals surface area contributed by atoms with Gasteiger partial charge >= 0.3 is 0 Å². The SMILES string of the molecule is OC[C@H]1O[C@@H](n2cnc3c(NCc4ccsc4Br)ncnc32)[C@H](O)[C@@H]1O. The molecule has 1 aliphatic rings. The summed E-state index contributed by atoms with van der Waals surface area (Å²) in [6.45, 7) is 0.176. The van der Waals surface area contributed by atoms with E-state index < -0.39 is 31.1 Å². The van der Waals surface area contributed by atoms with Crippen LogP contribution in [0.3, 0.4) is 0 Å². The molecule has 0 aromatic carbocycles. The molecular weight excluding hydrogens is 426 g/mol. The Balaban J connectivity index is 1.62. The Hall–Kier alpha value is -1.63. The lowest BCUT2D eigenvalue weighted by Gasteiger charge is -2.16. The molecule has 11 heteroatoms. The Labute approximate surface area is 160 Å². The lowest BCUT2D eigenvalue weighted by molar-refractivity contribution is -0.0511. The van der Waals surface area contributed by atoms with Crippen molar-refractivity contribution in [2.24, 2.45) is 0 Å². The van der Waals surface area contributed by atoms with E-state index in [0.717, 1.165) is 9.35 Å². The first kappa shape index (κ1) is 17.8. The molecule has 4 rings (SSSR count). The molecule has 9 nitrogen and oxygen atoms in total. The van der Waals surface area contributed by atoms with Gasteiger partial charge in [-0.1, -0.05) is 0 Å². The van der Waals surface area contributed by atoms with Gasteiger partial charge in [0.15, 0.2) is 23.2 Å². The summed E-state index contributed by atoms with van der Waals surface area (Å²) in [6.07, 6.45) is -1.25. The van der Waals surface area contributed by atoms with E-state index in [-0.39, 0.29) is 0 Å². The molecule has 26 heavy (non-hydrogen) atoms. The fourth-order valence-corrected chi connectivity index (χ4v) is 4.14. The second-order valence-corrected chi connectivity index (χ2v) is 8.08. The number of aliphatic hydroxyl groups is 3. The third-order valence-corrected chi connectivity index (χ3v) is 6.10. The largest absolute Gasteiger partial charge is 0.394 e. The van der Waals surface area contributed by atoms with Gasteiger partial charge in [-0.05, 0) is 32.9 Å². The van der Waals surface area contributed by atoms with E-state index in [1.807, 2.05) is 11.4 Å². The van der Waals surface area contributed by atoms with Crippen molar-refractivity contribution in [2.45, 2.75) is 31.1 Å². The molecule has 0 spiro atoms. The summed E-state index contributed by atoms with van der Waals surface area (Å²) in [5.41, 5.74) is 2.09. The summed E-state index contributed by atoms with van der Waals surface area (Å²) < 4.78 is 8.13. The van der Waals surface area contributed by atoms with Gasteiger partial charge in [0.25, 0.3) is 0 Å². The molecule has 1 aliphatic heterocycles. The highest BCUT2D eigenvalue weighted by atomic mass is 79.9. The molecule has 3 aromatic rings. The highest BCUT2D eigenvalue weighted by molar-refractivity contribution is 9.11. The summed E-state index contributed by atoms with van der Waals surface area (Å²) in [5, 5.41) is 34.6. The number of rotatable bonds is 5. The zero-order valence-corrected chi connectivity index (χ0v) is 15.8. The van der Waals surface area contributed by atoms with Crippen LogP contribution in [0, 0.1) is 0 Å². The van der Waals surface area contributed by atoms with Gasteiger partial charge in [0, 0.05) is 6.54 Å². The highest BCUT2D eigenvalue weighted by Crippen LogP contribution is 2.32. The monoisotopic (exact) mass is 441 g/mol. The number of aromatic nitrogens is 4. The second kappa shape index (κ2) is 7.18. The molecule has 0 aliphatic carbocycles. The van der Waals surface area contributed by atoms with Gasteiger partial charge in [0.2, 0.25) is 0 Å². The standard InChI is InChI=1S/C15H16BrN5O4S/c16-12-7(1-2-26-12)3-17-13-9-14(19-5-18-13)21(6-20-9)15-11(24)10(23)8(4-22)25-15/h1-2,5-6,8,10-11,15,22-24H,3-4H2,(H,17,18,19)/t8-,10-,11-,15-/m1/s1. The van der Waals surface area contributed by atoms with Crippen LogP contribution >= 0.6 is 27.3 Å². The van der Waals surface area contributed by atoms with Gasteiger partial charge in [0.05, 0.1) is 16.7 Å². The third kappa shape index (κ3) is 3.00. The summed E-state index contributed by atoms with van der Waals surface area (Å²) >= 11 is 5.10. The van der Waals surface area contributed by atoms with Crippen LogP contribution in [0.1, 0.15) is 11.8 Å². The number of hydrogen-bond acceptors (Lipinski definition) is 9. The van der Waals surface area contributed by atoms with E-state index >= 15 is 0 Å². The first-order chi connectivity index (χ1) is 12.6. The molecule has 4 N–H and O–H groups in total. The van der Waals surface area contributed by atoms with Gasteiger partial charge in [0.1, 0.15) is 24.6 Å². The van der Waals surface area contributed by atoms with E-state index in [2.05, 4.69) is 36.2 Å². The zero-order chi connectivity index (χ0) is 18.3. The van der Waals surface area contributed by atoms with Crippen molar-refractivity contribution in [3.05, 3.63) is 33.5 Å². The number of anilines is 1. The lowest BCUT2D eigenvalue weighted by Crippen LogP contribution is -2.33. The number of nitrogens with one attached hydrogen (secondary N) is 1. The fraction of sp³-hybridized carbons (Fsp3) is 0.400. The maximum atomic E-state index is 10.2. The average Bonchev–Trinajstić information content (AvgIpc) is 3.32. The Morgan fingerprint density at radius 3 is 2.81 bits per heavy atom. The molecule has 1 saturated heterocycles. The van der Waals surface area contributed by atoms with Crippen molar-refractivity contribution in [3.63, 3.8) is 0 Å². The molecular formula is C15H16BrN5O4S. The molecule has 138 valence electrons. The van der Waals surface area contributed by atoms with Crippen LogP contribution in [0.5, 0.6) is 0 Å². The fourth-order valence-electron chi connectivity index (χ4n) is 2.90. The number of hydrogen-bond donors (Lipinski definition) is 4. The quantitative estimate of drug-likeness (QED) is 0.459. The summed E-state index contributed by atoms with van der Waals surface area (Å²) in [7, 11) is 0. The predicted molar refractivity (Wildman–Crippen MR) is 97.7 cm³/mol. The average molecular weight is 442 g/mol. The highest BCUT2D eigenvalue weighted by Gasteiger charge is 2.44. The van der Waals surface area contributed by atoms with Crippen LogP contribution in [0.25, 0.3) is 11.2 Å². The van der Waals surface area contributed by atoms with Crippen molar-refractivity contribution in [3.8, 4) is 0 Å². The molecule has 4 heterocycles. The molecule has 1 fully saturated rings. The summed E-state index contributed by atoms with van der Waals surface area (Å²) in [4.78, 5) is 12.8. The zero-order valence-electron chi connectivity index (χ0n) is 13.4. The molecule has 0 unspecified atom stereocenters. The maximum Gasteiger partial charge on any atom is 0.167 e. The van der Waals surface area contributed by atoms with Crippen molar-refractivity contribution in [1.82, 2.24) is 19.5 Å². The van der Waals surface area contributed by atoms with Crippen molar-refractivity contribution < 1.29 is 20.1 Å². The second-order valence-electron chi connectivity index (χ2n) is 5.85. The Kier molecular flexibility index (Phi) is 4.90. The minimum absolute atomic E-state index is 0.390. The number of thiophene rings is 1. The van der Waals surface area contributed by atoms with E-state index in [1.54, 1.807) is 11.3 Å². The third-order valence-electron chi connectivity index (χ3n) is 4.29. The molecule has 3 aromatic heterocycles. The normalized spacial score (nSPS) is 25.8. The van der Waals surface area contributed by atoms with Crippen LogP contribution < -0.4 is 5.32 Å². The molecule has 0 saturated carbocycles. The molecule has 0 amide bonds. The van der Waals surface area contributed by atoms with Gasteiger partial charge in [-0.3, -0.25) is 4.57 Å². The molecule has 0 radical (unpaired) electrons. The summed E-state index contributed by atoms with van der Waals surface area (Å²) in [5.74, 6) is 0.554. The Bertz CT molecular complexity index is 918. The first-order valence-corrected chi connectivity index (χ1v) is 9.53. The van der Waals surface area contributed by atoms with E-state index in [1.165, 1.54) is 17.2 Å². The topological polar surface area (TPSA) is 126 Å². The molecule has 4 atom stereocenters. The van der Waals surface area contributed by atoms with E-state index in [4.69, 9.17) is 4.74 Å². The number of imidazole rings is 1. The van der Waals surface area contributed by atoms with Gasteiger partial charge < -0.3 is 25.4 Å². The molecule has 0 bridgehead atoms. The smallest absolute Gasteiger partial charge is 0.167 e. The number of fused-ring (bicyclic) bond motifs is 1. The van der Waals surface area contributed by atoms with Crippen LogP contribution in [0.4, 0.5) is 5.82 Å². The van der Waals surface area contributed by atoms with Crippen LogP contribution in [-0.4, -0.2) is 59.8 Å². The first-order valence-electron chi connectivity index (χ1n) is 7.86. The number of aliphatic hydroxyl groups excluding tert-OH is 3. The van der Waals surface area contributed by atoms with E-state index in [0.29, 0.717) is 23.5 Å². The van der Waals surface area contributed by atoms with Crippen molar-refractivity contribution in [1.29, 1.82) is 0 Å². The van der Waals surface area contributed by atoms with Gasteiger partial charge in [-0.25, -0.2) is 15.0 Å². The number of halogens is 1. The maximum absolute atomic E-state index is 10.2. The number of ether oxygens (including phenoxy) is 1. The predicted octanol–water partition coefficient (Wildman–Crippen LogP) is 0.874. The van der Waals surface area contributed by atoms with Crippen molar-refractivity contribution >= 4 is 44.2 Å². The van der Waals surface area contributed by atoms with Gasteiger partial charge in [-0.15, -0.1) is 11.3 Å². The van der Waals surface area contributed by atoms with Crippen LogP contribution in [0.2, 0.25) is 0 Å². The van der Waals surface area contributed by atoms with Crippen LogP contribution in [-0.2, 0) is 11.3 Å². The Morgan fingerprint density at radius 2 is 2.12 bits per heavy atom. The van der Waals surface area contributed by atoms with Crippen LogP contribution in [0.15, 0.2) is 27.9 Å². The minimum Gasteiger partial charge on any atom is -0.394 e.